The molecule has 6 aromatic rings. The number of carboxylic acid groups (broad SMARTS) is 1. The van der Waals surface area contributed by atoms with E-state index in [1.54, 1.807) is 11.9 Å². The lowest BCUT2D eigenvalue weighted by Gasteiger charge is -2.45. The van der Waals surface area contributed by atoms with E-state index in [0.717, 1.165) is 97.6 Å². The zero-order valence-electron chi connectivity index (χ0n) is 38.8. The first-order valence-electron chi connectivity index (χ1n) is 22.9. The van der Waals surface area contributed by atoms with Crippen LogP contribution in [0.4, 0.5) is 17.4 Å². The number of rotatable bonds is 17. The highest BCUT2D eigenvalue weighted by molar-refractivity contribution is 7.96. The van der Waals surface area contributed by atoms with Crippen molar-refractivity contribution in [2.75, 3.05) is 55.5 Å². The van der Waals surface area contributed by atoms with Gasteiger partial charge in [-0.15, -0.1) is 11.3 Å². The van der Waals surface area contributed by atoms with E-state index in [4.69, 9.17) is 36.0 Å². The Hall–Kier alpha value is -5.98. The van der Waals surface area contributed by atoms with Crippen molar-refractivity contribution in [1.29, 1.82) is 0 Å². The molecule has 2 atom stereocenters. The number of aliphatic hydroxyl groups excluding tert-OH is 1. The summed E-state index contributed by atoms with van der Waals surface area (Å²) in [5.41, 5.74) is 6.88. The number of ether oxygens (including phenoxy) is 1. The van der Waals surface area contributed by atoms with Crippen molar-refractivity contribution in [3.63, 3.8) is 0 Å². The Morgan fingerprint density at radius 1 is 1.04 bits per heavy atom. The monoisotopic (exact) mass is 994 g/mol. The summed E-state index contributed by atoms with van der Waals surface area (Å²) in [5.74, 6) is -0.518. The highest BCUT2D eigenvalue weighted by Gasteiger charge is 2.39. The van der Waals surface area contributed by atoms with Crippen LogP contribution in [0.1, 0.15) is 89.4 Å². The van der Waals surface area contributed by atoms with Gasteiger partial charge in [0.05, 0.1) is 10.6 Å². The molecule has 0 aliphatic carbocycles. The number of aldehydes is 2. The van der Waals surface area contributed by atoms with Crippen molar-refractivity contribution >= 4 is 105 Å². The normalized spacial score (nSPS) is 17.4. The molecule has 4 N–H and O–H groups in total. The number of nitrogens with one attached hydrogen (secondary N) is 2. The van der Waals surface area contributed by atoms with Crippen LogP contribution < -0.4 is 25.2 Å². The van der Waals surface area contributed by atoms with Gasteiger partial charge in [0, 0.05) is 74.2 Å². The number of aromatic nitrogens is 1. The number of piperidine rings is 2. The molecule has 15 nitrogen and oxygen atoms in total. The minimum absolute atomic E-state index is 0.0917. The second kappa shape index (κ2) is 21.3. The summed E-state index contributed by atoms with van der Waals surface area (Å²) >= 11 is 9.61. The predicted octanol–water partition coefficient (Wildman–Crippen LogP) is 9.19. The third kappa shape index (κ3) is 10.2. The van der Waals surface area contributed by atoms with Gasteiger partial charge >= 0.3 is 5.97 Å². The van der Waals surface area contributed by atoms with E-state index in [2.05, 4.69) is 58.0 Å². The first kappa shape index (κ1) is 49.4. The Morgan fingerprint density at radius 2 is 1.83 bits per heavy atom. The van der Waals surface area contributed by atoms with Crippen LogP contribution in [0, 0.1) is 0 Å². The number of carbonyl (C=O) groups is 5. The van der Waals surface area contributed by atoms with Gasteiger partial charge in [0.25, 0.3) is 11.9 Å². The molecule has 5 heterocycles. The van der Waals surface area contributed by atoms with Crippen molar-refractivity contribution in [1.82, 2.24) is 14.6 Å². The number of hydrogen-bond acceptors (Lipinski definition) is 14. The lowest BCUT2D eigenvalue weighted by molar-refractivity contribution is -0.139. The van der Waals surface area contributed by atoms with Crippen LogP contribution >= 0.6 is 34.9 Å². The topological polar surface area (TPSA) is 195 Å². The molecule has 18 heteroatoms. The number of benzene rings is 4. The number of oxazole rings is 1. The second-order valence-electron chi connectivity index (χ2n) is 17.9. The van der Waals surface area contributed by atoms with E-state index in [1.165, 1.54) is 22.5 Å². The second-order valence-corrected chi connectivity index (χ2v) is 20.3. The molecule has 362 valence electrons. The number of amides is 2. The van der Waals surface area contributed by atoms with Gasteiger partial charge in [0.2, 0.25) is 5.91 Å². The van der Waals surface area contributed by atoms with Crippen molar-refractivity contribution in [2.24, 2.45) is 0 Å². The zero-order valence-corrected chi connectivity index (χ0v) is 41.2. The van der Waals surface area contributed by atoms with Crippen LogP contribution in [0.15, 0.2) is 77.2 Å². The maximum absolute atomic E-state index is 13.8. The predicted molar refractivity (Wildman–Crippen MR) is 272 cm³/mol. The first-order valence-corrected chi connectivity index (χ1v) is 25.0. The molecule has 3 aliphatic rings. The summed E-state index contributed by atoms with van der Waals surface area (Å²) in [4.78, 5) is 70.4. The number of nitrogens with zero attached hydrogens (tertiary/aromatic N) is 4. The van der Waals surface area contributed by atoms with E-state index in [1.807, 2.05) is 60.5 Å². The van der Waals surface area contributed by atoms with Gasteiger partial charge < -0.3 is 39.7 Å². The average Bonchev–Trinajstić information content (AvgIpc) is 4.02. The quantitative estimate of drug-likeness (QED) is 0.0499. The minimum atomic E-state index is -1.15. The van der Waals surface area contributed by atoms with Gasteiger partial charge in [-0.25, -0.2) is 9.10 Å². The van der Waals surface area contributed by atoms with Crippen LogP contribution in [0.2, 0.25) is 5.02 Å². The molecule has 9 rings (SSSR count). The lowest BCUT2D eigenvalue weighted by atomic mass is 9.85. The van der Waals surface area contributed by atoms with Gasteiger partial charge in [0.1, 0.15) is 27.7 Å². The van der Waals surface area contributed by atoms with Crippen molar-refractivity contribution in [3.8, 4) is 16.2 Å². The molecule has 2 amide bonds. The highest BCUT2D eigenvalue weighted by Crippen LogP contribution is 2.47. The maximum atomic E-state index is 13.8. The fraction of sp³-hybridized carbons (Fsp3) is 0.373. The summed E-state index contributed by atoms with van der Waals surface area (Å²) in [6, 6.07) is 24.1. The van der Waals surface area contributed by atoms with Gasteiger partial charge in [-0.3, -0.25) is 19.3 Å². The summed E-state index contributed by atoms with van der Waals surface area (Å²) < 4.78 is 14.1. The number of carbonyl (C=O) groups excluding carboxylic acids is 4. The molecule has 2 unspecified atom stereocenters. The Labute approximate surface area is 413 Å². The number of hydrogen-bond donors (Lipinski definition) is 4. The number of aliphatic carboxylic acids is 1. The van der Waals surface area contributed by atoms with Crippen molar-refractivity contribution in [3.05, 3.63) is 99.4 Å². The highest BCUT2D eigenvalue weighted by atomic mass is 35.5. The van der Waals surface area contributed by atoms with E-state index in [0.29, 0.717) is 28.4 Å². The Kier molecular flexibility index (Phi) is 15.3. The number of anilines is 3. The van der Waals surface area contributed by atoms with Crippen molar-refractivity contribution in [2.45, 2.75) is 81.7 Å². The molecule has 0 bridgehead atoms. The zero-order chi connectivity index (χ0) is 49.0. The molecule has 4 aromatic carbocycles. The largest absolute Gasteiger partial charge is 0.479 e. The molecule has 0 radical (unpaired) electrons. The van der Waals surface area contributed by atoms with Gasteiger partial charge in [-0.2, -0.15) is 4.98 Å². The number of aliphatic hydroxyl groups is 1. The number of likely N-dealkylation sites (N-methyl/N-ethyl adjacent to an activating group) is 1. The number of thiophene rings is 1. The molecule has 2 saturated heterocycles. The van der Waals surface area contributed by atoms with Gasteiger partial charge in [-0.05, 0) is 110 Å². The smallest absolute Gasteiger partial charge is 0.341 e. The van der Waals surface area contributed by atoms with Crippen molar-refractivity contribution < 1.29 is 43.3 Å². The van der Waals surface area contributed by atoms with E-state index < -0.39 is 18.6 Å². The third-order valence-corrected chi connectivity index (χ3v) is 16.2. The number of fused-ring (bicyclic) bond motifs is 1. The average molecular weight is 996 g/mol. The summed E-state index contributed by atoms with van der Waals surface area (Å²) in [6.45, 7) is 6.38. The Bertz CT molecular complexity index is 2900. The summed E-state index contributed by atoms with van der Waals surface area (Å²) in [6.07, 6.45) is 5.46. The fourth-order valence-corrected chi connectivity index (χ4v) is 12.4. The lowest BCUT2D eigenvalue weighted by Crippen LogP contribution is -2.49. The SMILES string of the molecule is CNC(=O)C(CCC=O)N1C(=O)c2cccc3c(C4CCN(c5nc6cc(CSN7CCC(Nc8cccc(-c9sc(C=O)c(OCC(=O)O)c9Cl)c8)CC7(C)C)ccc6o5)CC4)ccc1c23.CO. The van der Waals surface area contributed by atoms with E-state index in [9.17, 15) is 24.0 Å². The fourth-order valence-electron chi connectivity index (χ4n) is 9.86. The number of halogens is 1. The number of carboxylic acids is 1. The standard InChI is InChI=1S/C50H51ClN6O8S2.CH4O/c1-50(2)25-33(53-32-8-4-7-31(24-32)46-44(51)45(41(26-59)67-46)64-27-42(60)61)18-21-56(50)66-28-29-12-15-40-37(23-29)54-49(65-40)55-19-16-30(17-20-55)34-13-14-38-43-35(34)9-5-10-36(43)48(63)57(38)39(11-6-22-58)47(62)52-3;1-2/h4-5,7-10,12-15,22-24,26,30,33,39,53H,6,11,16-21,25,27-28H2,1-3H3,(H,52,62)(H,60,61);2H,1H3. The third-order valence-electron chi connectivity index (χ3n) is 13.1. The van der Waals surface area contributed by atoms with Gasteiger partial charge in [-0.1, -0.05) is 59.9 Å². The van der Waals surface area contributed by atoms with Crippen LogP contribution in [-0.2, 0) is 20.1 Å². The maximum Gasteiger partial charge on any atom is 0.341 e. The summed E-state index contributed by atoms with van der Waals surface area (Å²) in [7, 11) is 2.55. The molecule has 0 spiro atoms. The molecule has 2 fully saturated rings. The Balaban J connectivity index is 0.00000317. The summed E-state index contributed by atoms with van der Waals surface area (Å²) in [5, 5.41) is 24.6. The van der Waals surface area contributed by atoms with Crippen LogP contribution in [0.5, 0.6) is 5.75 Å². The van der Waals surface area contributed by atoms with Gasteiger partial charge in [0.15, 0.2) is 24.2 Å². The molecular weight excluding hydrogens is 940 g/mol. The van der Waals surface area contributed by atoms with Crippen LogP contribution in [-0.4, -0.2) is 108 Å². The Morgan fingerprint density at radius 3 is 2.55 bits per heavy atom. The van der Waals surface area contributed by atoms with E-state index >= 15 is 0 Å². The van der Waals surface area contributed by atoms with Crippen LogP contribution in [0.3, 0.4) is 0 Å². The molecule has 2 aromatic heterocycles. The first-order chi connectivity index (χ1) is 33.4. The molecule has 69 heavy (non-hydrogen) atoms. The molecule has 0 saturated carbocycles. The molecule has 3 aliphatic heterocycles. The van der Waals surface area contributed by atoms with E-state index in [-0.39, 0.29) is 57.8 Å². The molecular formula is C51H55ClN6O9S2. The minimum Gasteiger partial charge on any atom is -0.479 e. The van der Waals surface area contributed by atoms with Crippen LogP contribution in [0.25, 0.3) is 32.3 Å².